The van der Waals surface area contributed by atoms with Gasteiger partial charge in [0.05, 0.1) is 11.4 Å². The summed E-state index contributed by atoms with van der Waals surface area (Å²) in [5.74, 6) is -0.486. The Morgan fingerprint density at radius 1 is 0.763 bits per heavy atom. The molecule has 0 spiro atoms. The summed E-state index contributed by atoms with van der Waals surface area (Å²) >= 11 is 0. The molecule has 206 valence electrons. The highest BCUT2D eigenvalue weighted by Crippen LogP contribution is 2.22. The molecule has 2 aromatic carbocycles. The quantitative estimate of drug-likeness (QED) is 0.196. The van der Waals surface area contributed by atoms with E-state index in [9.17, 15) is 19.2 Å². The number of amides is 4. The van der Waals surface area contributed by atoms with Crippen molar-refractivity contribution in [1.29, 1.82) is 0 Å². The molecule has 0 fully saturated rings. The molecule has 0 saturated heterocycles. The van der Waals surface area contributed by atoms with E-state index in [-0.39, 0.29) is 11.6 Å². The van der Waals surface area contributed by atoms with Crippen molar-refractivity contribution in [1.82, 2.24) is 5.32 Å². The van der Waals surface area contributed by atoms with E-state index in [2.05, 4.69) is 21.3 Å². The average molecular weight is 527 g/mol. The number of rotatable bonds is 13. The van der Waals surface area contributed by atoms with Crippen LogP contribution in [0.3, 0.4) is 0 Å². The highest BCUT2D eigenvalue weighted by Gasteiger charge is 2.15. The lowest BCUT2D eigenvalue weighted by Gasteiger charge is -2.19. The summed E-state index contributed by atoms with van der Waals surface area (Å²) in [6, 6.07) is 13.0. The lowest BCUT2D eigenvalue weighted by molar-refractivity contribution is -0.116. The van der Waals surface area contributed by atoms with Crippen LogP contribution in [0.1, 0.15) is 76.1 Å². The monoisotopic (exact) mass is 526 g/mol. The zero-order valence-electron chi connectivity index (χ0n) is 22.3. The van der Waals surface area contributed by atoms with Gasteiger partial charge in [-0.05, 0) is 70.0 Å². The van der Waals surface area contributed by atoms with E-state index >= 15 is 0 Å². The molecule has 0 saturated carbocycles. The highest BCUT2D eigenvalue weighted by molar-refractivity contribution is 6.07. The molecule has 5 N–H and O–H groups in total. The molecule has 0 atom stereocenters. The molecule has 0 aromatic heterocycles. The SMILES string of the molecule is CC(C)(C)OC(=O)NCCCCCCCCC(=O)Nc1ccc(C(=O)Nc2ccccc2NC(=O)O)cc1. The van der Waals surface area contributed by atoms with Gasteiger partial charge in [-0.2, -0.15) is 0 Å². The second-order valence-electron chi connectivity index (χ2n) is 9.86. The highest BCUT2D eigenvalue weighted by atomic mass is 16.6. The van der Waals surface area contributed by atoms with Crippen molar-refractivity contribution in [3.63, 3.8) is 0 Å². The van der Waals surface area contributed by atoms with Crippen molar-refractivity contribution in [2.45, 2.75) is 71.3 Å². The topological polar surface area (TPSA) is 146 Å². The first-order valence-corrected chi connectivity index (χ1v) is 12.8. The van der Waals surface area contributed by atoms with Gasteiger partial charge < -0.3 is 25.8 Å². The summed E-state index contributed by atoms with van der Waals surface area (Å²) < 4.78 is 5.19. The van der Waals surface area contributed by atoms with Gasteiger partial charge in [0.1, 0.15) is 5.60 Å². The van der Waals surface area contributed by atoms with E-state index in [0.29, 0.717) is 29.9 Å². The number of nitrogens with one attached hydrogen (secondary N) is 4. The van der Waals surface area contributed by atoms with Gasteiger partial charge in [-0.25, -0.2) is 9.59 Å². The summed E-state index contributed by atoms with van der Waals surface area (Å²) in [7, 11) is 0. The fourth-order valence-corrected chi connectivity index (χ4v) is 3.56. The van der Waals surface area contributed by atoms with Gasteiger partial charge in [-0.1, -0.05) is 37.8 Å². The van der Waals surface area contributed by atoms with Crippen LogP contribution < -0.4 is 21.3 Å². The van der Waals surface area contributed by atoms with Gasteiger partial charge >= 0.3 is 12.2 Å². The van der Waals surface area contributed by atoms with Crippen LogP contribution in [0.15, 0.2) is 48.5 Å². The van der Waals surface area contributed by atoms with Gasteiger partial charge in [0.25, 0.3) is 5.91 Å². The molecule has 0 aliphatic carbocycles. The van der Waals surface area contributed by atoms with E-state index in [0.717, 1.165) is 38.5 Å². The van der Waals surface area contributed by atoms with Crippen molar-refractivity contribution in [2.24, 2.45) is 0 Å². The number of para-hydroxylation sites is 2. The van der Waals surface area contributed by atoms with Crippen LogP contribution in [0.25, 0.3) is 0 Å². The maximum atomic E-state index is 12.6. The maximum Gasteiger partial charge on any atom is 0.409 e. The molecule has 10 heteroatoms. The number of benzene rings is 2. The van der Waals surface area contributed by atoms with Crippen molar-refractivity contribution >= 4 is 41.1 Å². The molecule has 0 aliphatic rings. The third-order valence-corrected chi connectivity index (χ3v) is 5.35. The van der Waals surface area contributed by atoms with Crippen LogP contribution in [0, 0.1) is 0 Å². The zero-order valence-corrected chi connectivity index (χ0v) is 22.3. The summed E-state index contributed by atoms with van der Waals surface area (Å²) in [6.45, 7) is 6.08. The van der Waals surface area contributed by atoms with Gasteiger partial charge in [-0.3, -0.25) is 14.9 Å². The van der Waals surface area contributed by atoms with Crippen molar-refractivity contribution < 1.29 is 29.0 Å². The third-order valence-electron chi connectivity index (χ3n) is 5.35. The van der Waals surface area contributed by atoms with Gasteiger partial charge in [0.15, 0.2) is 0 Å². The Hall–Kier alpha value is -4.08. The van der Waals surface area contributed by atoms with E-state index in [1.54, 1.807) is 48.5 Å². The number of hydrogen-bond acceptors (Lipinski definition) is 5. The molecule has 2 aromatic rings. The number of carbonyl (C=O) groups excluding carboxylic acids is 3. The summed E-state index contributed by atoms with van der Waals surface area (Å²) in [5.41, 5.74) is 1.08. The molecule has 0 bridgehead atoms. The number of alkyl carbamates (subject to hydrolysis) is 1. The number of hydrogen-bond donors (Lipinski definition) is 5. The summed E-state index contributed by atoms with van der Waals surface area (Å²) in [5, 5.41) is 19.4. The largest absolute Gasteiger partial charge is 0.465 e. The normalized spacial score (nSPS) is 10.8. The minimum atomic E-state index is -1.23. The molecular formula is C28H38N4O6. The Bertz CT molecular complexity index is 1080. The molecular weight excluding hydrogens is 488 g/mol. The van der Waals surface area contributed by atoms with Crippen molar-refractivity contribution in [2.75, 3.05) is 22.5 Å². The Kier molecular flexibility index (Phi) is 12.1. The minimum Gasteiger partial charge on any atom is -0.465 e. The first-order chi connectivity index (χ1) is 18.0. The van der Waals surface area contributed by atoms with Crippen molar-refractivity contribution in [3.05, 3.63) is 54.1 Å². The summed E-state index contributed by atoms with van der Waals surface area (Å²) in [4.78, 5) is 47.3. The third kappa shape index (κ3) is 12.2. The minimum absolute atomic E-state index is 0.0857. The molecule has 0 radical (unpaired) electrons. The van der Waals surface area contributed by atoms with E-state index in [1.807, 2.05) is 20.8 Å². The molecule has 10 nitrogen and oxygen atoms in total. The first-order valence-electron chi connectivity index (χ1n) is 12.8. The fraction of sp³-hybridized carbons (Fsp3) is 0.429. The lowest BCUT2D eigenvalue weighted by Crippen LogP contribution is -2.32. The van der Waals surface area contributed by atoms with Gasteiger partial charge in [0, 0.05) is 24.2 Å². The molecule has 38 heavy (non-hydrogen) atoms. The van der Waals surface area contributed by atoms with Crippen LogP contribution in [0.2, 0.25) is 0 Å². The first kappa shape index (κ1) is 30.1. The van der Waals surface area contributed by atoms with Crippen LogP contribution in [0.4, 0.5) is 26.7 Å². The van der Waals surface area contributed by atoms with Gasteiger partial charge in [-0.15, -0.1) is 0 Å². The molecule has 4 amide bonds. The molecule has 0 aliphatic heterocycles. The number of carboxylic acid groups (broad SMARTS) is 1. The average Bonchev–Trinajstić information content (AvgIpc) is 2.83. The predicted octanol–water partition coefficient (Wildman–Crippen LogP) is 6.22. The van der Waals surface area contributed by atoms with Crippen molar-refractivity contribution in [3.8, 4) is 0 Å². The Balaban J connectivity index is 1.62. The van der Waals surface area contributed by atoms with Crippen LogP contribution in [-0.4, -0.2) is 41.3 Å². The predicted molar refractivity (Wildman–Crippen MR) is 148 cm³/mol. The fourth-order valence-electron chi connectivity index (χ4n) is 3.56. The Morgan fingerprint density at radius 3 is 1.95 bits per heavy atom. The summed E-state index contributed by atoms with van der Waals surface area (Å²) in [6.07, 6.45) is 4.48. The van der Waals surface area contributed by atoms with E-state index in [4.69, 9.17) is 9.84 Å². The molecule has 0 heterocycles. The number of carbonyl (C=O) groups is 4. The number of anilines is 3. The maximum absolute atomic E-state index is 12.6. The van der Waals surface area contributed by atoms with E-state index < -0.39 is 23.7 Å². The number of ether oxygens (including phenoxy) is 1. The van der Waals surface area contributed by atoms with Crippen LogP contribution in [-0.2, 0) is 9.53 Å². The van der Waals surface area contributed by atoms with Gasteiger partial charge in [0.2, 0.25) is 5.91 Å². The zero-order chi connectivity index (χ0) is 28.0. The van der Waals surface area contributed by atoms with E-state index in [1.165, 1.54) is 0 Å². The van der Waals surface area contributed by atoms with Crippen LogP contribution in [0.5, 0.6) is 0 Å². The molecule has 2 rings (SSSR count). The second kappa shape index (κ2) is 15.2. The lowest BCUT2D eigenvalue weighted by atomic mass is 10.1. The Labute approximate surface area is 223 Å². The Morgan fingerprint density at radius 2 is 1.34 bits per heavy atom. The molecule has 0 unspecified atom stereocenters. The standard InChI is InChI=1S/C28H38N4O6/c1-28(2,3)38-27(37)29-19-11-7-5-4-6-8-14-24(33)30-21-17-15-20(16-18-21)25(34)31-22-12-9-10-13-23(22)32-26(35)36/h9-10,12-13,15-18,32H,4-8,11,14,19H2,1-3H3,(H,29,37)(H,30,33)(H,31,34)(H,35,36). The second-order valence-corrected chi connectivity index (χ2v) is 9.86. The smallest absolute Gasteiger partial charge is 0.409 e. The van der Waals surface area contributed by atoms with Crippen LogP contribution >= 0.6 is 0 Å². The number of unbranched alkanes of at least 4 members (excludes halogenated alkanes) is 5.